The molecule has 2 amide bonds. The van der Waals surface area contributed by atoms with Gasteiger partial charge in [0.25, 0.3) is 11.8 Å². The van der Waals surface area contributed by atoms with Gasteiger partial charge in [-0.15, -0.1) is 11.3 Å². The minimum absolute atomic E-state index is 0.0303. The van der Waals surface area contributed by atoms with Gasteiger partial charge in [0.15, 0.2) is 0 Å². The lowest BCUT2D eigenvalue weighted by molar-refractivity contribution is -0.140. The van der Waals surface area contributed by atoms with Crippen molar-refractivity contribution in [1.82, 2.24) is 0 Å². The first-order valence-corrected chi connectivity index (χ1v) is 14.5. The Morgan fingerprint density at radius 2 is 1.67 bits per heavy atom. The highest BCUT2D eigenvalue weighted by Crippen LogP contribution is 2.41. The second-order valence-corrected chi connectivity index (χ2v) is 11.6. The third-order valence-corrected chi connectivity index (χ3v) is 8.73. The van der Waals surface area contributed by atoms with Crippen LogP contribution in [0.3, 0.4) is 0 Å². The molecule has 0 radical (unpaired) electrons. The highest BCUT2D eigenvalue weighted by Gasteiger charge is 2.35. The van der Waals surface area contributed by atoms with Crippen molar-refractivity contribution in [1.29, 1.82) is 0 Å². The van der Waals surface area contributed by atoms with Crippen molar-refractivity contribution in [2.75, 3.05) is 17.7 Å². The first kappa shape index (κ1) is 32.2. The number of aliphatic hydroxyl groups excluding tert-OH is 1. The Balaban J connectivity index is 1.54. The van der Waals surface area contributed by atoms with Crippen LogP contribution in [0.5, 0.6) is 5.75 Å². The average molecular weight is 655 g/mol. The van der Waals surface area contributed by atoms with Crippen LogP contribution in [-0.4, -0.2) is 30.1 Å². The maximum atomic E-state index is 13.8. The molecule has 1 heterocycles. The van der Waals surface area contributed by atoms with Crippen molar-refractivity contribution >= 4 is 44.6 Å². The summed E-state index contributed by atoms with van der Waals surface area (Å²) in [5.74, 6) is -3.23. The largest absolute Gasteiger partial charge is 0.496 e. The summed E-state index contributed by atoms with van der Waals surface area (Å²) in [7, 11) is 1.34. The van der Waals surface area contributed by atoms with Gasteiger partial charge < -0.3 is 20.5 Å². The van der Waals surface area contributed by atoms with E-state index < -0.39 is 52.9 Å². The zero-order valence-corrected chi connectivity index (χ0v) is 24.2. The van der Waals surface area contributed by atoms with Gasteiger partial charge in [-0.05, 0) is 73.2 Å². The van der Waals surface area contributed by atoms with E-state index in [1.54, 1.807) is 18.2 Å². The molecule has 14 heteroatoms. The van der Waals surface area contributed by atoms with Crippen LogP contribution in [0.1, 0.15) is 68.3 Å². The predicted molar refractivity (Wildman–Crippen MR) is 154 cm³/mol. The third kappa shape index (κ3) is 6.91. The van der Waals surface area contributed by atoms with Crippen LogP contribution in [0.2, 0.25) is 0 Å². The number of rotatable bonds is 6. The Bertz CT molecular complexity index is 1770. The maximum absolute atomic E-state index is 13.8. The Labute approximate surface area is 255 Å². The number of aliphatic hydroxyl groups is 1. The number of nitrogens with one attached hydrogen (secondary N) is 2. The van der Waals surface area contributed by atoms with Gasteiger partial charge in [-0.2, -0.15) is 26.3 Å². The molecule has 0 bridgehead atoms. The van der Waals surface area contributed by atoms with Gasteiger partial charge >= 0.3 is 12.4 Å². The molecule has 0 saturated heterocycles. The van der Waals surface area contributed by atoms with Crippen molar-refractivity contribution in [2.24, 2.45) is 0 Å². The number of halogens is 7. The van der Waals surface area contributed by atoms with Crippen LogP contribution in [0.15, 0.2) is 54.6 Å². The van der Waals surface area contributed by atoms with Crippen LogP contribution in [0, 0.1) is 5.82 Å². The summed E-state index contributed by atoms with van der Waals surface area (Å²) in [6.45, 7) is 0. The maximum Gasteiger partial charge on any atom is 0.419 e. The van der Waals surface area contributed by atoms with Gasteiger partial charge in [-0.3, -0.25) is 9.59 Å². The van der Waals surface area contributed by atoms with E-state index in [-0.39, 0.29) is 37.9 Å². The number of methoxy groups -OCH3 is 1. The number of fused-ring (bicyclic) bond motifs is 1. The lowest BCUT2D eigenvalue weighted by Gasteiger charge is -2.26. The molecule has 0 aliphatic heterocycles. The lowest BCUT2D eigenvalue weighted by atomic mass is 9.82. The van der Waals surface area contributed by atoms with Crippen molar-refractivity contribution in [3.63, 3.8) is 0 Å². The molecule has 0 spiro atoms. The minimum Gasteiger partial charge on any atom is -0.496 e. The van der Waals surface area contributed by atoms with Crippen molar-refractivity contribution in [3.05, 3.63) is 87.5 Å². The number of hydrogen-bond acceptors (Lipinski definition) is 5. The summed E-state index contributed by atoms with van der Waals surface area (Å²) in [6, 6.07) is 9.39. The number of carbonyl (C=O) groups is 2. The minimum atomic E-state index is -5.06. The van der Waals surface area contributed by atoms with Crippen LogP contribution >= 0.6 is 11.3 Å². The molecule has 1 saturated carbocycles. The van der Waals surface area contributed by atoms with Crippen LogP contribution < -0.4 is 15.4 Å². The molecule has 1 aliphatic rings. The second kappa shape index (κ2) is 12.3. The zero-order chi connectivity index (χ0) is 32.7. The fourth-order valence-corrected chi connectivity index (χ4v) is 6.46. The molecular formula is C31H25F7N2O4S. The Morgan fingerprint density at radius 1 is 0.911 bits per heavy atom. The molecule has 2 atom stereocenters. The summed E-state index contributed by atoms with van der Waals surface area (Å²) >= 11 is 0.586. The van der Waals surface area contributed by atoms with Gasteiger partial charge in [0, 0.05) is 15.8 Å². The number of carbonyl (C=O) groups excluding carboxylic acids is 2. The molecule has 45 heavy (non-hydrogen) atoms. The summed E-state index contributed by atoms with van der Waals surface area (Å²) in [5, 5.41) is 15.0. The van der Waals surface area contributed by atoms with E-state index in [0.717, 1.165) is 42.7 Å². The molecule has 2 unspecified atom stereocenters. The predicted octanol–water partition coefficient (Wildman–Crippen LogP) is 8.61. The summed E-state index contributed by atoms with van der Waals surface area (Å²) in [6.07, 6.45) is -7.53. The second-order valence-electron chi connectivity index (χ2n) is 10.6. The van der Waals surface area contributed by atoms with Gasteiger partial charge in [0.1, 0.15) is 16.4 Å². The molecule has 1 fully saturated rings. The van der Waals surface area contributed by atoms with E-state index in [2.05, 4.69) is 10.6 Å². The number of amides is 2. The van der Waals surface area contributed by atoms with Crippen molar-refractivity contribution in [2.45, 2.75) is 50.1 Å². The van der Waals surface area contributed by atoms with E-state index in [4.69, 9.17) is 4.74 Å². The number of anilines is 2. The van der Waals surface area contributed by atoms with Crippen molar-refractivity contribution < 1.29 is 50.2 Å². The molecule has 1 aliphatic carbocycles. The quantitative estimate of drug-likeness (QED) is 0.182. The topological polar surface area (TPSA) is 87.7 Å². The van der Waals surface area contributed by atoms with E-state index >= 15 is 0 Å². The fraction of sp³-hybridized carbons (Fsp3) is 0.290. The zero-order valence-electron chi connectivity index (χ0n) is 23.4. The SMILES string of the molecule is COc1ccc(C2CCCC(O)C2)cc1C(=O)Nc1c(C(=O)Nc2ccc(F)c(C(F)(F)F)c2)sc2cc(C(F)(F)F)ccc12. The first-order valence-electron chi connectivity index (χ1n) is 13.6. The van der Waals surface area contributed by atoms with Gasteiger partial charge in [-0.1, -0.05) is 18.6 Å². The lowest BCUT2D eigenvalue weighted by Crippen LogP contribution is -2.20. The van der Waals surface area contributed by atoms with E-state index in [9.17, 15) is 45.4 Å². The summed E-state index contributed by atoms with van der Waals surface area (Å²) in [5.41, 5.74) is -2.43. The van der Waals surface area contributed by atoms with Crippen LogP contribution in [0.4, 0.5) is 42.1 Å². The average Bonchev–Trinajstić information content (AvgIpc) is 3.34. The highest BCUT2D eigenvalue weighted by atomic mass is 32.1. The Kier molecular flexibility index (Phi) is 8.82. The summed E-state index contributed by atoms with van der Waals surface area (Å²) in [4.78, 5) is 26.7. The normalized spacial score (nSPS) is 17.3. The summed E-state index contributed by atoms with van der Waals surface area (Å²) < 4.78 is 99.3. The van der Waals surface area contributed by atoms with E-state index in [0.29, 0.717) is 36.3 Å². The van der Waals surface area contributed by atoms with E-state index in [1.807, 2.05) is 0 Å². The van der Waals surface area contributed by atoms with Gasteiger partial charge in [-0.25, -0.2) is 4.39 Å². The molecule has 3 N–H and O–H groups in total. The fourth-order valence-electron chi connectivity index (χ4n) is 5.37. The number of ether oxygens (including phenoxy) is 1. The smallest absolute Gasteiger partial charge is 0.419 e. The van der Waals surface area contributed by atoms with Gasteiger partial charge in [0.05, 0.1) is 35.6 Å². The molecule has 3 aromatic carbocycles. The molecule has 4 aromatic rings. The van der Waals surface area contributed by atoms with Crippen LogP contribution in [0.25, 0.3) is 10.1 Å². The first-order chi connectivity index (χ1) is 21.2. The standard InChI is InChI=1S/C31H25F7N2O4S/c1-44-24-10-5-16(15-3-2-4-19(41)11-15)12-21(24)28(42)40-26-20-8-6-17(30(33,34)35)13-25(20)45-27(26)29(43)39-18-7-9-23(32)22(14-18)31(36,37)38/h5-10,12-15,19,41H,2-4,11H2,1H3,(H,39,43)(H,40,42). The molecule has 5 rings (SSSR count). The monoisotopic (exact) mass is 654 g/mol. The number of thiophene rings is 1. The number of alkyl halides is 6. The number of benzene rings is 3. The van der Waals surface area contributed by atoms with Gasteiger partial charge in [0.2, 0.25) is 0 Å². The van der Waals surface area contributed by atoms with E-state index in [1.165, 1.54) is 7.11 Å². The molecule has 6 nitrogen and oxygen atoms in total. The van der Waals surface area contributed by atoms with Crippen molar-refractivity contribution in [3.8, 4) is 5.75 Å². The molecule has 1 aromatic heterocycles. The Morgan fingerprint density at radius 3 is 2.33 bits per heavy atom. The highest BCUT2D eigenvalue weighted by molar-refractivity contribution is 7.21. The molecular weight excluding hydrogens is 629 g/mol. The third-order valence-electron chi connectivity index (χ3n) is 7.58. The molecule has 238 valence electrons. The number of hydrogen-bond donors (Lipinski definition) is 3. The van der Waals surface area contributed by atoms with Crippen LogP contribution in [-0.2, 0) is 12.4 Å². The Hall–Kier alpha value is -4.17.